The summed E-state index contributed by atoms with van der Waals surface area (Å²) in [5.41, 5.74) is 5.23. The highest BCUT2D eigenvalue weighted by Gasteiger charge is 2.31. The molecule has 3 rings (SSSR count). The molecule has 1 heterocycles. The van der Waals surface area contributed by atoms with E-state index in [-0.39, 0.29) is 5.75 Å². The smallest absolute Gasteiger partial charge is 0.202 e. The number of rotatable bonds is 7. The first-order valence-electron chi connectivity index (χ1n) is 9.61. The summed E-state index contributed by atoms with van der Waals surface area (Å²) < 4.78 is 30.7. The Labute approximate surface area is 167 Å². The molecule has 0 unspecified atom stereocenters. The van der Waals surface area contributed by atoms with E-state index in [1.165, 1.54) is 11.1 Å². The van der Waals surface area contributed by atoms with Crippen LogP contribution in [0.2, 0.25) is 0 Å². The van der Waals surface area contributed by atoms with Gasteiger partial charge in [-0.2, -0.15) is 8.42 Å². The monoisotopic (exact) mass is 405 g/mol. The summed E-state index contributed by atoms with van der Waals surface area (Å²) in [5.74, 6) is 0.00325. The molecule has 2 aromatic rings. The van der Waals surface area contributed by atoms with E-state index in [1.54, 1.807) is 16.8 Å². The van der Waals surface area contributed by atoms with Gasteiger partial charge in [0.25, 0.3) is 10.1 Å². The molecule has 0 amide bonds. The van der Waals surface area contributed by atoms with Crippen molar-refractivity contribution in [2.75, 3.05) is 10.8 Å². The molecule has 1 aliphatic heterocycles. The highest BCUT2D eigenvalue weighted by atomic mass is 32.2. The van der Waals surface area contributed by atoms with E-state index in [1.807, 2.05) is 19.1 Å². The second-order valence-corrected chi connectivity index (χ2v) is 9.39. The highest BCUT2D eigenvalue weighted by Crippen LogP contribution is 2.52. The quantitative estimate of drug-likeness (QED) is 0.596. The lowest BCUT2D eigenvalue weighted by Gasteiger charge is -2.33. The summed E-state index contributed by atoms with van der Waals surface area (Å²) >= 11 is 1.72. The van der Waals surface area contributed by atoms with Gasteiger partial charge in [0.1, 0.15) is 0 Å². The Kier molecular flexibility index (Phi) is 6.18. The fourth-order valence-electron chi connectivity index (χ4n) is 3.35. The second kappa shape index (κ2) is 8.25. The number of anilines is 2. The molecule has 146 valence electrons. The van der Waals surface area contributed by atoms with E-state index in [9.17, 15) is 8.42 Å². The average molecular weight is 406 g/mol. The number of aryl methyl sites for hydroxylation is 3. The van der Waals surface area contributed by atoms with Crippen LogP contribution in [0.25, 0.3) is 0 Å². The molecule has 0 aromatic heterocycles. The molecule has 0 radical (unpaired) electrons. The van der Waals surface area contributed by atoms with Gasteiger partial charge in [0, 0.05) is 9.79 Å². The van der Waals surface area contributed by atoms with Crippen LogP contribution in [0.5, 0.6) is 0 Å². The topological polar surface area (TPSA) is 46.6 Å². The number of nitrogens with zero attached hydrogens (tertiary/aromatic N) is 1. The summed E-state index contributed by atoms with van der Waals surface area (Å²) in [7, 11) is -3.66. The summed E-state index contributed by atoms with van der Waals surface area (Å²) in [5, 5.41) is 1.56. The van der Waals surface area contributed by atoms with Gasteiger partial charge < -0.3 is 0 Å². The third-order valence-electron chi connectivity index (χ3n) is 4.74. The maximum Gasteiger partial charge on any atom is 0.288 e. The molecule has 1 aliphatic rings. The van der Waals surface area contributed by atoms with Crippen molar-refractivity contribution in [1.29, 1.82) is 0 Å². The van der Waals surface area contributed by atoms with Gasteiger partial charge in [-0.15, -0.1) is 4.28 Å². The molecule has 6 heteroatoms. The lowest BCUT2D eigenvalue weighted by Crippen LogP contribution is -2.28. The van der Waals surface area contributed by atoms with Gasteiger partial charge in [0.15, 0.2) is 0 Å². The standard InChI is InChI=1S/C21H27NO3S2/c1-5-12-27(23,24)25-22-18-11-9-10-16(7-3)21(18)26-19-14-15(6-2)13-17(8-4)20(19)22/h9-11,13-14H,5-8,12H2,1-4H3. The first-order valence-corrected chi connectivity index (χ1v) is 12.0. The summed E-state index contributed by atoms with van der Waals surface area (Å²) in [6, 6.07) is 10.3. The SMILES string of the molecule is CCCS(=O)(=O)ON1c2cccc(CC)c2Sc2cc(CC)cc(CC)c21. The first-order chi connectivity index (χ1) is 12.9. The van der Waals surface area contributed by atoms with Gasteiger partial charge in [0.05, 0.1) is 17.1 Å². The van der Waals surface area contributed by atoms with E-state index < -0.39 is 10.1 Å². The molecule has 27 heavy (non-hydrogen) atoms. The normalized spacial score (nSPS) is 13.4. The summed E-state index contributed by atoms with van der Waals surface area (Å²) in [6.07, 6.45) is 3.16. The van der Waals surface area contributed by atoms with Crippen molar-refractivity contribution in [1.82, 2.24) is 0 Å². The van der Waals surface area contributed by atoms with Crippen LogP contribution in [0.1, 0.15) is 50.8 Å². The molecule has 0 fully saturated rings. The van der Waals surface area contributed by atoms with Crippen molar-refractivity contribution in [2.24, 2.45) is 0 Å². The number of hydrogen-bond donors (Lipinski definition) is 0. The van der Waals surface area contributed by atoms with Crippen molar-refractivity contribution < 1.29 is 12.7 Å². The molecule has 0 N–H and O–H groups in total. The Bertz CT molecular complexity index is 939. The molecular weight excluding hydrogens is 378 g/mol. The number of hydrogen-bond acceptors (Lipinski definition) is 5. The first kappa shape index (κ1) is 20.2. The molecular formula is C21H27NO3S2. The Morgan fingerprint density at radius 3 is 2.37 bits per heavy atom. The van der Waals surface area contributed by atoms with E-state index >= 15 is 0 Å². The Morgan fingerprint density at radius 1 is 1.00 bits per heavy atom. The Hall–Kier alpha value is -1.50. The van der Waals surface area contributed by atoms with Crippen LogP contribution in [0.15, 0.2) is 40.1 Å². The van der Waals surface area contributed by atoms with Crippen molar-refractivity contribution in [3.8, 4) is 0 Å². The fraction of sp³-hybridized carbons (Fsp3) is 0.429. The molecule has 0 bridgehead atoms. The largest absolute Gasteiger partial charge is 0.288 e. The molecule has 0 atom stereocenters. The van der Waals surface area contributed by atoms with E-state index in [2.05, 4.69) is 39.0 Å². The van der Waals surface area contributed by atoms with Gasteiger partial charge >= 0.3 is 0 Å². The van der Waals surface area contributed by atoms with Crippen LogP contribution in [-0.4, -0.2) is 14.2 Å². The maximum absolute atomic E-state index is 12.5. The van der Waals surface area contributed by atoms with Gasteiger partial charge in [-0.1, -0.05) is 57.7 Å². The summed E-state index contributed by atoms with van der Waals surface area (Å²) in [6.45, 7) is 8.19. The van der Waals surface area contributed by atoms with Crippen LogP contribution in [0.3, 0.4) is 0 Å². The fourth-order valence-corrected chi connectivity index (χ4v) is 5.64. The zero-order chi connectivity index (χ0) is 19.6. The summed E-state index contributed by atoms with van der Waals surface area (Å²) in [4.78, 5) is 2.14. The van der Waals surface area contributed by atoms with Crippen LogP contribution in [-0.2, 0) is 33.7 Å². The van der Waals surface area contributed by atoms with Crippen LogP contribution < -0.4 is 5.06 Å². The molecule has 0 spiro atoms. The van der Waals surface area contributed by atoms with Crippen LogP contribution >= 0.6 is 11.8 Å². The minimum absolute atomic E-state index is 0.00325. The second-order valence-electron chi connectivity index (χ2n) is 6.66. The van der Waals surface area contributed by atoms with Crippen molar-refractivity contribution in [2.45, 2.75) is 63.2 Å². The van der Waals surface area contributed by atoms with Gasteiger partial charge in [-0.3, -0.25) is 0 Å². The van der Waals surface area contributed by atoms with Crippen LogP contribution in [0, 0.1) is 0 Å². The average Bonchev–Trinajstić information content (AvgIpc) is 2.66. The van der Waals surface area contributed by atoms with Crippen molar-refractivity contribution in [3.63, 3.8) is 0 Å². The lowest BCUT2D eigenvalue weighted by molar-refractivity contribution is 0.318. The van der Waals surface area contributed by atoms with Crippen molar-refractivity contribution in [3.05, 3.63) is 47.0 Å². The van der Waals surface area contributed by atoms with E-state index in [0.717, 1.165) is 46.0 Å². The van der Waals surface area contributed by atoms with Crippen LogP contribution in [0.4, 0.5) is 11.4 Å². The molecule has 0 saturated heterocycles. The van der Waals surface area contributed by atoms with Gasteiger partial charge in [0.2, 0.25) is 0 Å². The van der Waals surface area contributed by atoms with Crippen molar-refractivity contribution >= 4 is 33.3 Å². The zero-order valence-corrected chi connectivity index (χ0v) is 18.0. The zero-order valence-electron chi connectivity index (χ0n) is 16.4. The highest BCUT2D eigenvalue weighted by molar-refractivity contribution is 7.99. The third kappa shape index (κ3) is 4.03. The van der Waals surface area contributed by atoms with Gasteiger partial charge in [-0.25, -0.2) is 5.06 Å². The van der Waals surface area contributed by atoms with Gasteiger partial charge in [-0.05, 0) is 54.5 Å². The Balaban J connectivity index is 2.23. The lowest BCUT2D eigenvalue weighted by atomic mass is 10.0. The minimum atomic E-state index is -3.66. The third-order valence-corrected chi connectivity index (χ3v) is 7.23. The van der Waals surface area contributed by atoms with E-state index in [4.69, 9.17) is 4.28 Å². The maximum atomic E-state index is 12.5. The molecule has 0 saturated carbocycles. The predicted molar refractivity (Wildman–Crippen MR) is 112 cm³/mol. The molecule has 2 aromatic carbocycles. The molecule has 4 nitrogen and oxygen atoms in total. The number of fused-ring (bicyclic) bond motifs is 2. The Morgan fingerprint density at radius 2 is 1.74 bits per heavy atom. The minimum Gasteiger partial charge on any atom is -0.202 e. The number of benzene rings is 2. The molecule has 0 aliphatic carbocycles. The predicted octanol–water partition coefficient (Wildman–Crippen LogP) is 5.65. The van der Waals surface area contributed by atoms with E-state index in [0.29, 0.717) is 6.42 Å².